The molecular weight excluding hydrogens is 491 g/mol. The lowest BCUT2D eigenvalue weighted by atomic mass is 10.1. The Hall–Kier alpha value is -3.75. The highest BCUT2D eigenvalue weighted by molar-refractivity contribution is 6.36. The number of carbonyl (C=O) groups excluding carboxylic acids is 1. The van der Waals surface area contributed by atoms with Gasteiger partial charge in [-0.15, -0.1) is 0 Å². The van der Waals surface area contributed by atoms with Crippen molar-refractivity contribution in [1.82, 2.24) is 15.0 Å². The van der Waals surface area contributed by atoms with Crippen LogP contribution in [0.15, 0.2) is 59.7 Å². The van der Waals surface area contributed by atoms with Gasteiger partial charge in [-0.3, -0.25) is 4.79 Å². The van der Waals surface area contributed by atoms with Crippen LogP contribution in [0.5, 0.6) is 17.2 Å². The number of ether oxygens (including phenoxy) is 2. The van der Waals surface area contributed by atoms with Crippen LogP contribution in [-0.2, 0) is 17.8 Å². The normalized spacial score (nSPS) is 11.2. The van der Waals surface area contributed by atoms with E-state index in [1.165, 1.54) is 18.3 Å². The number of fused-ring (bicyclic) bond motifs is 1. The smallest absolute Gasteiger partial charge is 0.260 e. The highest BCUT2D eigenvalue weighted by Crippen LogP contribution is 2.30. The first-order valence-electron chi connectivity index (χ1n) is 10.5. The summed E-state index contributed by atoms with van der Waals surface area (Å²) < 4.78 is 12.6. The first-order chi connectivity index (χ1) is 16.9. The molecule has 0 radical (unpaired) electrons. The molecule has 0 saturated heterocycles. The van der Waals surface area contributed by atoms with E-state index in [2.05, 4.69) is 10.5 Å². The molecule has 1 heterocycles. The van der Waals surface area contributed by atoms with Gasteiger partial charge in [0.15, 0.2) is 11.5 Å². The number of halogens is 2. The third kappa shape index (κ3) is 5.50. The van der Waals surface area contributed by atoms with Gasteiger partial charge in [-0.2, -0.15) is 5.10 Å². The summed E-state index contributed by atoms with van der Waals surface area (Å²) in [4.78, 5) is 17.5. The zero-order valence-corrected chi connectivity index (χ0v) is 20.5. The fourth-order valence-electron chi connectivity index (χ4n) is 3.65. The van der Waals surface area contributed by atoms with E-state index in [1.807, 2.05) is 47.0 Å². The average Bonchev–Trinajstić information content (AvgIpc) is 3.18. The minimum atomic E-state index is -0.370. The number of para-hydroxylation sites is 2. The van der Waals surface area contributed by atoms with Gasteiger partial charge in [-0.05, 0) is 42.0 Å². The lowest BCUT2D eigenvalue weighted by molar-refractivity contribution is -0.121. The summed E-state index contributed by atoms with van der Waals surface area (Å²) in [5.74, 6) is 1.41. The van der Waals surface area contributed by atoms with Gasteiger partial charge in [0.25, 0.3) is 5.91 Å². The molecule has 1 amide bonds. The van der Waals surface area contributed by atoms with Crippen molar-refractivity contribution in [1.29, 1.82) is 0 Å². The largest absolute Gasteiger partial charge is 0.506 e. The minimum Gasteiger partial charge on any atom is -0.506 e. The number of carbonyl (C=O) groups is 1. The Kier molecular flexibility index (Phi) is 7.43. The van der Waals surface area contributed by atoms with E-state index >= 15 is 0 Å². The Morgan fingerprint density at radius 1 is 1.11 bits per heavy atom. The van der Waals surface area contributed by atoms with Crippen molar-refractivity contribution in [3.8, 4) is 17.2 Å². The number of nitrogens with one attached hydrogen (secondary N) is 1. The number of hydrogen-bond donors (Lipinski definition) is 2. The van der Waals surface area contributed by atoms with Crippen LogP contribution in [0.4, 0.5) is 0 Å². The number of aromatic hydroxyl groups is 1. The summed E-state index contributed by atoms with van der Waals surface area (Å²) in [6, 6.07) is 16.1. The van der Waals surface area contributed by atoms with Crippen LogP contribution in [0, 0.1) is 0 Å². The Morgan fingerprint density at radius 3 is 2.66 bits per heavy atom. The molecule has 8 nitrogen and oxygen atoms in total. The van der Waals surface area contributed by atoms with E-state index in [9.17, 15) is 9.90 Å². The molecule has 0 aliphatic heterocycles. The summed E-state index contributed by atoms with van der Waals surface area (Å²) >= 11 is 11.9. The van der Waals surface area contributed by atoms with Crippen LogP contribution in [0.3, 0.4) is 0 Å². The molecule has 10 heteroatoms. The molecule has 0 fully saturated rings. The lowest BCUT2D eigenvalue weighted by Crippen LogP contribution is -2.24. The number of aromatic nitrogens is 2. The number of hydrazone groups is 1. The summed E-state index contributed by atoms with van der Waals surface area (Å²) in [7, 11) is 3.17. The molecule has 3 aromatic carbocycles. The number of methoxy groups -OCH3 is 2. The van der Waals surface area contributed by atoms with Gasteiger partial charge in [0.2, 0.25) is 0 Å². The number of hydrogen-bond acceptors (Lipinski definition) is 6. The maximum absolute atomic E-state index is 12.7. The molecule has 0 atom stereocenters. The van der Waals surface area contributed by atoms with Crippen molar-refractivity contribution in [3.05, 3.63) is 81.6 Å². The molecule has 0 unspecified atom stereocenters. The van der Waals surface area contributed by atoms with E-state index in [0.717, 1.165) is 16.6 Å². The van der Waals surface area contributed by atoms with Crippen molar-refractivity contribution in [3.63, 3.8) is 0 Å². The van der Waals surface area contributed by atoms with Crippen LogP contribution in [0.2, 0.25) is 10.0 Å². The van der Waals surface area contributed by atoms with Crippen molar-refractivity contribution in [2.24, 2.45) is 5.10 Å². The maximum Gasteiger partial charge on any atom is 0.260 e. The first kappa shape index (κ1) is 24.4. The van der Waals surface area contributed by atoms with E-state index in [0.29, 0.717) is 28.8 Å². The van der Waals surface area contributed by atoms with Crippen molar-refractivity contribution < 1.29 is 19.4 Å². The van der Waals surface area contributed by atoms with Crippen molar-refractivity contribution in [2.75, 3.05) is 14.2 Å². The van der Waals surface area contributed by atoms with Crippen molar-refractivity contribution in [2.45, 2.75) is 13.0 Å². The summed E-state index contributed by atoms with van der Waals surface area (Å²) in [5.41, 5.74) is 5.30. The Morgan fingerprint density at radius 2 is 1.89 bits per heavy atom. The number of imidazole rings is 1. The molecule has 0 bridgehead atoms. The van der Waals surface area contributed by atoms with Gasteiger partial charge in [0.1, 0.15) is 18.1 Å². The molecule has 4 aromatic rings. The second kappa shape index (κ2) is 10.7. The van der Waals surface area contributed by atoms with Crippen LogP contribution in [-0.4, -0.2) is 41.0 Å². The van der Waals surface area contributed by atoms with Gasteiger partial charge in [0, 0.05) is 17.0 Å². The summed E-state index contributed by atoms with van der Waals surface area (Å²) in [6.07, 6.45) is 1.75. The molecule has 0 aliphatic carbocycles. The highest BCUT2D eigenvalue weighted by atomic mass is 35.5. The third-order valence-corrected chi connectivity index (χ3v) is 5.80. The monoisotopic (exact) mass is 512 g/mol. The van der Waals surface area contributed by atoms with E-state index in [4.69, 9.17) is 37.7 Å². The number of nitrogens with zero attached hydrogens (tertiary/aromatic N) is 3. The highest BCUT2D eigenvalue weighted by Gasteiger charge is 2.15. The molecule has 35 heavy (non-hydrogen) atoms. The molecule has 2 N–H and O–H groups in total. The van der Waals surface area contributed by atoms with Crippen LogP contribution < -0.4 is 14.9 Å². The van der Waals surface area contributed by atoms with Crippen LogP contribution in [0.1, 0.15) is 17.0 Å². The second-order valence-corrected chi connectivity index (χ2v) is 8.43. The van der Waals surface area contributed by atoms with E-state index in [-0.39, 0.29) is 28.8 Å². The van der Waals surface area contributed by atoms with Gasteiger partial charge < -0.3 is 19.1 Å². The quantitative estimate of drug-likeness (QED) is 0.261. The summed E-state index contributed by atoms with van der Waals surface area (Å²) in [5, 5.41) is 14.4. The van der Waals surface area contributed by atoms with E-state index < -0.39 is 0 Å². The lowest BCUT2D eigenvalue weighted by Gasteiger charge is -2.11. The van der Waals surface area contributed by atoms with Gasteiger partial charge in [-0.25, -0.2) is 10.4 Å². The number of phenolic OH excluding ortho intramolecular Hbond substituents is 1. The third-order valence-electron chi connectivity index (χ3n) is 5.30. The molecule has 0 spiro atoms. The van der Waals surface area contributed by atoms with Crippen LogP contribution in [0.25, 0.3) is 11.0 Å². The van der Waals surface area contributed by atoms with Gasteiger partial charge >= 0.3 is 0 Å². The van der Waals surface area contributed by atoms with Gasteiger partial charge in [-0.1, -0.05) is 41.4 Å². The zero-order chi connectivity index (χ0) is 24.9. The molecule has 180 valence electrons. The number of rotatable bonds is 8. The molecule has 0 saturated carbocycles. The topological polar surface area (TPSA) is 98.0 Å². The zero-order valence-electron chi connectivity index (χ0n) is 19.0. The van der Waals surface area contributed by atoms with Crippen molar-refractivity contribution >= 4 is 46.4 Å². The average molecular weight is 513 g/mol. The second-order valence-electron chi connectivity index (χ2n) is 7.59. The molecule has 4 rings (SSSR count). The minimum absolute atomic E-state index is 0.0112. The van der Waals surface area contributed by atoms with Crippen LogP contribution >= 0.6 is 23.2 Å². The summed E-state index contributed by atoms with van der Waals surface area (Å²) in [6.45, 7) is -0.0112. The van der Waals surface area contributed by atoms with Gasteiger partial charge in [0.05, 0.1) is 36.5 Å². The predicted molar refractivity (Wildman–Crippen MR) is 136 cm³/mol. The molecular formula is C25H22Cl2N4O4. The standard InChI is InChI=1S/C25H22Cl2N4O4/c1-34-21-8-7-15(9-22(21)35-2)10-23-29-19-5-3-4-6-20(19)31(23)14-24(32)30-28-13-16-11-17(26)12-18(27)25(16)33/h3-9,11-13,33H,10,14H2,1-2H3,(H,30,32). The maximum atomic E-state index is 12.7. The Bertz CT molecular complexity index is 1420. The molecule has 1 aromatic heterocycles. The fraction of sp³-hybridized carbons (Fsp3) is 0.160. The fourth-order valence-corrected chi connectivity index (χ4v) is 4.16. The predicted octanol–water partition coefficient (Wildman–Crippen LogP) is 4.81. The molecule has 0 aliphatic rings. The SMILES string of the molecule is COc1ccc(Cc2nc3ccccc3n2CC(=O)NN=Cc2cc(Cl)cc(Cl)c2O)cc1OC. The Balaban J connectivity index is 1.56. The first-order valence-corrected chi connectivity index (χ1v) is 11.3. The number of amides is 1. The number of benzene rings is 3. The number of phenols is 1. The van der Waals surface area contributed by atoms with E-state index in [1.54, 1.807) is 14.2 Å². The Labute approximate surface area is 211 Å².